The van der Waals surface area contributed by atoms with Crippen LogP contribution >= 0.6 is 0 Å². The minimum atomic E-state index is -1.72. The van der Waals surface area contributed by atoms with E-state index in [1.807, 2.05) is 13.1 Å². The molecule has 0 aliphatic heterocycles. The van der Waals surface area contributed by atoms with Gasteiger partial charge in [-0.2, -0.15) is 0 Å². The van der Waals surface area contributed by atoms with Gasteiger partial charge in [0, 0.05) is 0 Å². The lowest BCUT2D eigenvalue weighted by Crippen LogP contribution is -2.39. The van der Waals surface area contributed by atoms with Gasteiger partial charge in [-0.05, 0) is 17.5 Å². The fraction of sp³-hybridized carbons (Fsp3) is 1.00. The van der Waals surface area contributed by atoms with Crippen LogP contribution in [0.5, 0.6) is 0 Å². The maximum atomic E-state index is 7.99. The summed E-state index contributed by atoms with van der Waals surface area (Å²) in [6.07, 6.45) is 0. The van der Waals surface area contributed by atoms with Crippen molar-refractivity contribution < 1.29 is 0 Å². The molecule has 0 saturated carbocycles. The maximum Gasteiger partial charge on any atom is 0.219 e. The van der Waals surface area contributed by atoms with Gasteiger partial charge in [0.15, 0.2) is 0 Å². The normalized spacial score (nSPS) is 10.4. The molecule has 0 aliphatic carbocycles. The van der Waals surface area contributed by atoms with E-state index in [0.29, 0.717) is 0 Å². The molecule has 0 spiro atoms. The minimum Gasteiger partial charge on any atom is -0.336 e. The molecule has 8 heavy (non-hydrogen) atoms. The second-order valence-electron chi connectivity index (χ2n) is 2.00. The quantitative estimate of drug-likeness (QED) is 0.260. The lowest BCUT2D eigenvalue weighted by atomic mass is 11.6. The molecule has 0 saturated heterocycles. The van der Waals surface area contributed by atoms with E-state index in [0.717, 1.165) is 0 Å². The van der Waals surface area contributed by atoms with Crippen LogP contribution in [-0.2, 0) is 0 Å². The van der Waals surface area contributed by atoms with Crippen molar-refractivity contribution in [1.29, 1.82) is 0 Å². The summed E-state index contributed by atoms with van der Waals surface area (Å²) in [5.74, 6) is 0. The second kappa shape index (κ2) is 2.71. The molecule has 0 rings (SSSR count). The van der Waals surface area contributed by atoms with Crippen LogP contribution in [0.25, 0.3) is 10.4 Å². The van der Waals surface area contributed by atoms with Crippen molar-refractivity contribution in [2.24, 2.45) is 4.78 Å². The summed E-state index contributed by atoms with van der Waals surface area (Å²) in [7, 11) is 0.0875. The van der Waals surface area contributed by atoms with Gasteiger partial charge in [0.05, 0.1) is 0 Å². The van der Waals surface area contributed by atoms with E-state index in [-0.39, 0.29) is 0 Å². The predicted molar refractivity (Wildman–Crippen MR) is 35.7 cm³/mol. The zero-order valence-corrected chi connectivity index (χ0v) is 6.34. The molecule has 1 N–H and O–H groups in total. The summed E-state index contributed by atoms with van der Waals surface area (Å²) in [4.78, 5) is 5.66. The van der Waals surface area contributed by atoms with Gasteiger partial charge in [-0.15, -0.1) is 4.78 Å². The molecule has 0 amide bonds. The van der Waals surface area contributed by atoms with Gasteiger partial charge >= 0.3 is 0 Å². The molecule has 46 valence electrons. The maximum absolute atomic E-state index is 7.99. The van der Waals surface area contributed by atoms with Gasteiger partial charge in [0.1, 0.15) is 0 Å². The second-order valence-corrected chi connectivity index (χ2v) is 5.82. The van der Waals surface area contributed by atoms with Crippen molar-refractivity contribution in [3.63, 3.8) is 0 Å². The number of nitrogens with zero attached hydrogens (tertiary/aromatic N) is 3. The Morgan fingerprint density at radius 2 is 2.12 bits per heavy atom. The molecule has 0 aromatic rings. The van der Waals surface area contributed by atoms with Crippen molar-refractivity contribution >= 4 is 8.40 Å². The summed E-state index contributed by atoms with van der Waals surface area (Å²) in [5.41, 5.74) is 7.99. The summed E-state index contributed by atoms with van der Waals surface area (Å²) in [5, 5.41) is 0. The molecule has 0 heterocycles. The largest absolute Gasteiger partial charge is 0.336 e. The topological polar surface area (TPSA) is 60.8 Å². The average Bonchev–Trinajstić information content (AvgIpc) is 1.67. The van der Waals surface area contributed by atoms with Crippen LogP contribution in [0, 0.1) is 0 Å². The zero-order chi connectivity index (χ0) is 6.62. The van der Waals surface area contributed by atoms with Crippen molar-refractivity contribution in [2.45, 2.75) is 13.1 Å². The molecule has 0 radical (unpaired) electrons. The third-order valence-corrected chi connectivity index (χ3v) is 2.72. The van der Waals surface area contributed by atoms with Crippen molar-refractivity contribution in [1.82, 2.24) is 4.98 Å². The fourth-order valence-electron chi connectivity index (χ4n) is 0.162. The highest BCUT2D eigenvalue weighted by Gasteiger charge is 2.14. The van der Waals surface area contributed by atoms with Crippen molar-refractivity contribution in [2.75, 3.05) is 7.05 Å². The molecule has 4 nitrogen and oxygen atoms in total. The molecule has 0 bridgehead atoms. The fourth-order valence-corrected chi connectivity index (χ4v) is 0.485. The SMILES string of the molecule is CN[Si](C)(C)N=[N+]=[N-]. The molecule has 0 atom stereocenters. The van der Waals surface area contributed by atoms with Gasteiger partial charge in [0.25, 0.3) is 0 Å². The Morgan fingerprint density at radius 3 is 2.25 bits per heavy atom. The Morgan fingerprint density at radius 1 is 1.62 bits per heavy atom. The summed E-state index contributed by atoms with van der Waals surface area (Å²) < 4.78 is 3.58. The van der Waals surface area contributed by atoms with Gasteiger partial charge in [-0.3, -0.25) is 0 Å². The van der Waals surface area contributed by atoms with E-state index in [2.05, 4.69) is 14.7 Å². The van der Waals surface area contributed by atoms with E-state index in [1.165, 1.54) is 0 Å². The van der Waals surface area contributed by atoms with E-state index in [1.54, 1.807) is 7.05 Å². The first-order valence-corrected chi connectivity index (χ1v) is 5.32. The molecule has 5 heteroatoms. The number of azide groups is 1. The first-order valence-electron chi connectivity index (χ1n) is 2.37. The van der Waals surface area contributed by atoms with Crippen molar-refractivity contribution in [3.8, 4) is 0 Å². The van der Waals surface area contributed by atoms with E-state index >= 15 is 0 Å². The number of rotatable bonds is 2. The van der Waals surface area contributed by atoms with Crippen LogP contribution in [0.2, 0.25) is 13.1 Å². The van der Waals surface area contributed by atoms with Crippen LogP contribution in [0.1, 0.15) is 0 Å². The number of hydrogen-bond donors (Lipinski definition) is 1. The highest BCUT2D eigenvalue weighted by atomic mass is 28.3. The first-order chi connectivity index (χ1) is 3.62. The van der Waals surface area contributed by atoms with E-state index < -0.39 is 8.40 Å². The van der Waals surface area contributed by atoms with Crippen LogP contribution < -0.4 is 4.98 Å². The Bertz CT molecular complexity index is 114. The number of hydrogen-bond acceptors (Lipinski definition) is 2. The van der Waals surface area contributed by atoms with Gasteiger partial charge < -0.3 is 4.98 Å². The lowest BCUT2D eigenvalue weighted by Gasteiger charge is -2.11. The Hall–Kier alpha value is -0.513. The smallest absolute Gasteiger partial charge is 0.219 e. The van der Waals surface area contributed by atoms with Crippen LogP contribution in [-0.4, -0.2) is 15.4 Å². The van der Waals surface area contributed by atoms with Crippen LogP contribution in [0.4, 0.5) is 0 Å². The highest BCUT2D eigenvalue weighted by Crippen LogP contribution is 1.95. The molecule has 0 aromatic heterocycles. The van der Waals surface area contributed by atoms with Gasteiger partial charge in [-0.1, -0.05) is 13.1 Å². The van der Waals surface area contributed by atoms with Gasteiger partial charge in [0.2, 0.25) is 8.40 Å². The molecule has 0 fully saturated rings. The molecule has 0 unspecified atom stereocenters. The third-order valence-electron chi connectivity index (χ3n) is 0.907. The Labute approximate surface area is 49.7 Å². The minimum absolute atomic E-state index is 1.72. The highest BCUT2D eigenvalue weighted by molar-refractivity contribution is 6.73. The number of nitrogens with one attached hydrogen (secondary N) is 1. The molecule has 0 aliphatic rings. The summed E-state index contributed by atoms with van der Waals surface area (Å²) in [6, 6.07) is 0. The average molecular weight is 130 g/mol. The monoisotopic (exact) mass is 130 g/mol. The Kier molecular flexibility index (Phi) is 2.54. The third kappa shape index (κ3) is 2.63. The van der Waals surface area contributed by atoms with Crippen LogP contribution in [0.3, 0.4) is 0 Å². The van der Waals surface area contributed by atoms with Crippen molar-refractivity contribution in [3.05, 3.63) is 10.4 Å². The molecular formula is C3H10N4Si. The zero-order valence-electron chi connectivity index (χ0n) is 5.34. The van der Waals surface area contributed by atoms with Crippen LogP contribution in [0.15, 0.2) is 4.78 Å². The lowest BCUT2D eigenvalue weighted by molar-refractivity contribution is 1.14. The predicted octanol–water partition coefficient (Wildman–Crippen LogP) is 1.22. The van der Waals surface area contributed by atoms with E-state index in [4.69, 9.17) is 5.53 Å². The van der Waals surface area contributed by atoms with E-state index in [9.17, 15) is 0 Å². The molecular weight excluding hydrogens is 120 g/mol. The standard InChI is InChI=1S/C3H10N4Si/c1-5-8(2,3)7-6-4/h5H,1-3H3. The summed E-state index contributed by atoms with van der Waals surface area (Å²) >= 11 is 0. The van der Waals surface area contributed by atoms with Gasteiger partial charge in [-0.25, -0.2) is 0 Å². The summed E-state index contributed by atoms with van der Waals surface area (Å²) in [6.45, 7) is 3.87. The Balaban J connectivity index is 3.90. The first kappa shape index (κ1) is 7.49. The molecule has 0 aromatic carbocycles.